The molecule has 1 amide bonds. The van der Waals surface area contributed by atoms with Crippen molar-refractivity contribution in [3.63, 3.8) is 0 Å². The molecule has 4 aromatic carbocycles. The molecule has 0 aliphatic heterocycles. The number of halogens is 1. The van der Waals surface area contributed by atoms with Gasteiger partial charge in [0.1, 0.15) is 18.1 Å². The number of benzene rings is 4. The Morgan fingerprint density at radius 2 is 1.62 bits per heavy atom. The lowest BCUT2D eigenvalue weighted by molar-refractivity contribution is -0.123. The quantitative estimate of drug-likeness (QED) is 0.284. The van der Waals surface area contributed by atoms with E-state index in [1.807, 2.05) is 42.5 Å². The average Bonchev–Trinajstić information content (AvgIpc) is 2.83. The summed E-state index contributed by atoms with van der Waals surface area (Å²) in [7, 11) is 0. The number of nitrogens with zero attached hydrogens (tertiary/aromatic N) is 1. The Morgan fingerprint density at radius 1 is 0.875 bits per heavy atom. The van der Waals surface area contributed by atoms with E-state index in [1.165, 1.54) is 5.39 Å². The summed E-state index contributed by atoms with van der Waals surface area (Å²) in [6.45, 7) is 0.270. The number of amides is 1. The summed E-state index contributed by atoms with van der Waals surface area (Å²) in [4.78, 5) is 12.0. The summed E-state index contributed by atoms with van der Waals surface area (Å²) < 4.78 is 11.5. The van der Waals surface area contributed by atoms with E-state index in [4.69, 9.17) is 21.1 Å². The molecular weight excluding hydrogens is 424 g/mol. The fourth-order valence-corrected chi connectivity index (χ4v) is 3.30. The van der Waals surface area contributed by atoms with Gasteiger partial charge in [0.25, 0.3) is 5.91 Å². The Balaban J connectivity index is 1.35. The molecule has 0 radical (unpaired) electrons. The predicted molar refractivity (Wildman–Crippen MR) is 127 cm³/mol. The third-order valence-electron chi connectivity index (χ3n) is 4.76. The zero-order chi connectivity index (χ0) is 22.2. The summed E-state index contributed by atoms with van der Waals surface area (Å²) in [6.07, 6.45) is 1.55. The van der Waals surface area contributed by atoms with Crippen LogP contribution < -0.4 is 14.9 Å². The molecule has 0 heterocycles. The van der Waals surface area contributed by atoms with E-state index >= 15 is 0 Å². The van der Waals surface area contributed by atoms with Crippen molar-refractivity contribution in [3.8, 4) is 11.5 Å². The third-order valence-corrected chi connectivity index (χ3v) is 5.01. The number of fused-ring (bicyclic) bond motifs is 1. The van der Waals surface area contributed by atoms with E-state index in [0.717, 1.165) is 16.5 Å². The molecule has 0 atom stereocenters. The van der Waals surface area contributed by atoms with Gasteiger partial charge >= 0.3 is 0 Å². The van der Waals surface area contributed by atoms with Crippen molar-refractivity contribution in [3.05, 3.63) is 107 Å². The Kier molecular flexibility index (Phi) is 7.00. The van der Waals surface area contributed by atoms with Gasteiger partial charge in [0.2, 0.25) is 0 Å². The number of ether oxygens (including phenoxy) is 2. The van der Waals surface area contributed by atoms with Gasteiger partial charge in [-0.1, -0.05) is 66.2 Å². The Labute approximate surface area is 191 Å². The minimum atomic E-state index is -0.370. The molecule has 0 aromatic heterocycles. The van der Waals surface area contributed by atoms with E-state index in [2.05, 4.69) is 34.8 Å². The molecule has 32 heavy (non-hydrogen) atoms. The molecule has 0 unspecified atom stereocenters. The van der Waals surface area contributed by atoms with Crippen LogP contribution in [0.15, 0.2) is 96.1 Å². The maximum absolute atomic E-state index is 12.0. The first-order chi connectivity index (χ1) is 15.7. The van der Waals surface area contributed by atoms with Crippen LogP contribution in [0, 0.1) is 0 Å². The number of hydrogen-bond donors (Lipinski definition) is 1. The molecule has 4 rings (SSSR count). The van der Waals surface area contributed by atoms with Gasteiger partial charge in [-0.15, -0.1) is 0 Å². The normalized spacial score (nSPS) is 10.9. The van der Waals surface area contributed by atoms with Gasteiger partial charge in [-0.25, -0.2) is 5.43 Å². The summed E-state index contributed by atoms with van der Waals surface area (Å²) in [5.74, 6) is 0.863. The number of rotatable bonds is 8. The highest BCUT2D eigenvalue weighted by atomic mass is 35.5. The number of para-hydroxylation sites is 1. The molecule has 6 heteroatoms. The molecule has 5 nitrogen and oxygen atoms in total. The van der Waals surface area contributed by atoms with Crippen LogP contribution >= 0.6 is 11.6 Å². The largest absolute Gasteiger partial charge is 0.488 e. The summed E-state index contributed by atoms with van der Waals surface area (Å²) in [5, 5.41) is 6.97. The smallest absolute Gasteiger partial charge is 0.277 e. The van der Waals surface area contributed by atoms with E-state index in [-0.39, 0.29) is 12.5 Å². The van der Waals surface area contributed by atoms with E-state index in [1.54, 1.807) is 30.5 Å². The van der Waals surface area contributed by atoms with Crippen LogP contribution in [0.25, 0.3) is 10.8 Å². The average molecular weight is 445 g/mol. The van der Waals surface area contributed by atoms with Gasteiger partial charge in [0.15, 0.2) is 6.61 Å². The highest BCUT2D eigenvalue weighted by molar-refractivity contribution is 6.30. The summed E-state index contributed by atoms with van der Waals surface area (Å²) in [5.41, 5.74) is 4.32. The van der Waals surface area contributed by atoms with Gasteiger partial charge < -0.3 is 9.47 Å². The Morgan fingerprint density at radius 3 is 2.50 bits per heavy atom. The number of hydrazone groups is 1. The highest BCUT2D eigenvalue weighted by Gasteiger charge is 2.05. The zero-order valence-electron chi connectivity index (χ0n) is 17.2. The second-order valence-electron chi connectivity index (χ2n) is 7.00. The molecule has 4 aromatic rings. The topological polar surface area (TPSA) is 59.9 Å². The maximum atomic E-state index is 12.0. The summed E-state index contributed by atoms with van der Waals surface area (Å²) in [6, 6.07) is 28.7. The SMILES string of the molecule is O=C(COc1ccc(Cl)cc1)N/N=C\c1ccccc1OCc1cccc2ccccc12. The molecule has 1 N–H and O–H groups in total. The lowest BCUT2D eigenvalue weighted by Gasteiger charge is -2.11. The third kappa shape index (κ3) is 5.65. The lowest BCUT2D eigenvalue weighted by Crippen LogP contribution is -2.24. The van der Waals surface area contributed by atoms with E-state index in [9.17, 15) is 4.79 Å². The first-order valence-corrected chi connectivity index (χ1v) is 10.5. The molecule has 0 aliphatic rings. The van der Waals surface area contributed by atoms with Crippen LogP contribution in [-0.4, -0.2) is 18.7 Å². The fourth-order valence-electron chi connectivity index (χ4n) is 3.18. The minimum Gasteiger partial charge on any atom is -0.488 e. The highest BCUT2D eigenvalue weighted by Crippen LogP contribution is 2.22. The number of carbonyl (C=O) groups is 1. The van der Waals surface area contributed by atoms with Crippen LogP contribution in [0.4, 0.5) is 0 Å². The molecule has 0 saturated heterocycles. The molecule has 0 bridgehead atoms. The van der Waals surface area contributed by atoms with Crippen LogP contribution in [0.5, 0.6) is 11.5 Å². The van der Waals surface area contributed by atoms with E-state index in [0.29, 0.717) is 23.1 Å². The molecule has 0 spiro atoms. The molecule has 0 saturated carbocycles. The van der Waals surface area contributed by atoms with Crippen molar-refractivity contribution in [2.24, 2.45) is 5.10 Å². The van der Waals surface area contributed by atoms with Crippen molar-refractivity contribution in [1.29, 1.82) is 0 Å². The molecule has 160 valence electrons. The van der Waals surface area contributed by atoms with Crippen molar-refractivity contribution >= 4 is 34.5 Å². The van der Waals surface area contributed by atoms with Crippen molar-refractivity contribution in [2.75, 3.05) is 6.61 Å². The monoisotopic (exact) mass is 444 g/mol. The van der Waals surface area contributed by atoms with Gasteiger partial charge in [-0.3, -0.25) is 4.79 Å². The van der Waals surface area contributed by atoms with Crippen molar-refractivity contribution in [2.45, 2.75) is 6.61 Å². The standard InChI is InChI=1S/C26H21ClN2O3/c27-22-12-14-23(15-13-22)31-18-26(30)29-28-16-20-7-2-4-11-25(20)32-17-21-9-5-8-19-6-1-3-10-24(19)21/h1-16H,17-18H2,(H,29,30)/b28-16-. The van der Waals surface area contributed by atoms with Gasteiger partial charge in [-0.2, -0.15) is 5.10 Å². The van der Waals surface area contributed by atoms with Crippen LogP contribution in [0.2, 0.25) is 5.02 Å². The number of hydrogen-bond acceptors (Lipinski definition) is 4. The second kappa shape index (κ2) is 10.5. The van der Waals surface area contributed by atoms with Crippen LogP contribution in [0.1, 0.15) is 11.1 Å². The van der Waals surface area contributed by atoms with Gasteiger partial charge in [0.05, 0.1) is 6.21 Å². The first kappa shape index (κ1) is 21.4. The van der Waals surface area contributed by atoms with Gasteiger partial charge in [-0.05, 0) is 52.7 Å². The molecule has 0 fully saturated rings. The second-order valence-corrected chi connectivity index (χ2v) is 7.44. The van der Waals surface area contributed by atoms with Crippen LogP contribution in [0.3, 0.4) is 0 Å². The molecule has 0 aliphatic carbocycles. The lowest BCUT2D eigenvalue weighted by atomic mass is 10.1. The number of nitrogens with one attached hydrogen (secondary N) is 1. The maximum Gasteiger partial charge on any atom is 0.277 e. The first-order valence-electron chi connectivity index (χ1n) is 10.1. The fraction of sp³-hybridized carbons (Fsp3) is 0.0769. The van der Waals surface area contributed by atoms with Gasteiger partial charge in [0, 0.05) is 10.6 Å². The Hall–Kier alpha value is -3.83. The number of carbonyl (C=O) groups excluding carboxylic acids is 1. The van der Waals surface area contributed by atoms with Crippen molar-refractivity contribution in [1.82, 2.24) is 5.43 Å². The molecular formula is C26H21ClN2O3. The predicted octanol–water partition coefficient (Wildman–Crippen LogP) is 5.60. The van der Waals surface area contributed by atoms with Crippen molar-refractivity contribution < 1.29 is 14.3 Å². The van der Waals surface area contributed by atoms with Crippen LogP contribution in [-0.2, 0) is 11.4 Å². The zero-order valence-corrected chi connectivity index (χ0v) is 18.0. The van der Waals surface area contributed by atoms with E-state index < -0.39 is 0 Å². The minimum absolute atomic E-state index is 0.155. The Bertz CT molecular complexity index is 1230. The summed E-state index contributed by atoms with van der Waals surface area (Å²) >= 11 is 5.83.